The van der Waals surface area contributed by atoms with Gasteiger partial charge in [0.2, 0.25) is 5.91 Å². The Morgan fingerprint density at radius 1 is 1.17 bits per heavy atom. The molecule has 2 atom stereocenters. The van der Waals surface area contributed by atoms with Crippen molar-refractivity contribution in [3.63, 3.8) is 0 Å². The number of nitrogens with one attached hydrogen (secondary N) is 3. The first-order valence-corrected chi connectivity index (χ1v) is 16.9. The second-order valence-electron chi connectivity index (χ2n) is 11.4. The van der Waals surface area contributed by atoms with Gasteiger partial charge in [-0.3, -0.25) is 9.79 Å². The van der Waals surface area contributed by atoms with Crippen molar-refractivity contribution in [2.24, 2.45) is 10.9 Å². The van der Waals surface area contributed by atoms with Crippen molar-refractivity contribution in [3.05, 3.63) is 66.0 Å². The van der Waals surface area contributed by atoms with E-state index in [1.54, 1.807) is 0 Å². The molecule has 4 rings (SSSR count). The third-order valence-electron chi connectivity index (χ3n) is 8.48. The Morgan fingerprint density at radius 3 is 2.60 bits per heavy atom. The molecule has 2 aromatic carbocycles. The topological polar surface area (TPSA) is 102 Å². The summed E-state index contributed by atoms with van der Waals surface area (Å²) < 4.78 is 2.93. The van der Waals surface area contributed by atoms with Gasteiger partial charge < -0.3 is 15.4 Å². The Kier molecular flexibility index (Phi) is 15.1. The third-order valence-corrected chi connectivity index (χ3v) is 9.00. The largest absolute Gasteiger partial charge is 0.394 e. The number of nitrogens with zero attached hydrogens (tertiary/aromatic N) is 2. The lowest BCUT2D eigenvalue weighted by Gasteiger charge is -2.33. The minimum absolute atomic E-state index is 0.0726. The molecule has 0 radical (unpaired) electrons. The van der Waals surface area contributed by atoms with Crippen molar-refractivity contribution in [2.75, 3.05) is 26.0 Å². The van der Waals surface area contributed by atoms with Gasteiger partial charge in [-0.2, -0.15) is 0 Å². The minimum atomic E-state index is -0.561. The molecule has 0 aliphatic heterocycles. The molecule has 1 saturated carbocycles. The van der Waals surface area contributed by atoms with Crippen LogP contribution in [0.4, 0.5) is 0 Å². The standard InChI is InChI=1S/C26H43N3O2S.C8H8N2/c1-3-26(23-14-5-4-6-15-23,16-10-19-28-25(31)24(21-30)29-32-2)17-20-27-18-8-7-11-22-12-9-13-22;1-6-9-7-4-2-3-5-8(7)10-6/h4-6,14-15,18,22,24,29-30H,3,7-13,16-17,19-21H2,1-2H3,(H,28,31);2-5H,1H3,(H,9,10). The van der Waals surface area contributed by atoms with E-state index in [-0.39, 0.29) is 17.9 Å². The molecular formula is C34H51N5O2S. The summed E-state index contributed by atoms with van der Waals surface area (Å²) in [5, 5.41) is 12.3. The van der Waals surface area contributed by atoms with E-state index >= 15 is 0 Å². The van der Waals surface area contributed by atoms with Crippen molar-refractivity contribution >= 4 is 35.1 Å². The average Bonchev–Trinajstić information content (AvgIpc) is 3.38. The highest BCUT2D eigenvalue weighted by Gasteiger charge is 2.29. The Balaban J connectivity index is 0.000000401. The average molecular weight is 594 g/mol. The fraction of sp³-hybridized carbons (Fsp3) is 0.559. The highest BCUT2D eigenvalue weighted by molar-refractivity contribution is 7.96. The first-order chi connectivity index (χ1) is 20.5. The first kappa shape index (κ1) is 33.8. The maximum absolute atomic E-state index is 12.2. The van der Waals surface area contributed by atoms with Gasteiger partial charge in [0.1, 0.15) is 11.9 Å². The Morgan fingerprint density at radius 2 is 1.93 bits per heavy atom. The molecular weight excluding hydrogens is 542 g/mol. The smallest absolute Gasteiger partial charge is 0.240 e. The second kappa shape index (κ2) is 18.8. The monoisotopic (exact) mass is 593 g/mol. The van der Waals surface area contributed by atoms with Crippen LogP contribution in [0.1, 0.15) is 82.5 Å². The first-order valence-electron chi connectivity index (χ1n) is 15.6. The third kappa shape index (κ3) is 10.9. The van der Waals surface area contributed by atoms with E-state index in [1.165, 1.54) is 49.6 Å². The van der Waals surface area contributed by atoms with Gasteiger partial charge in [-0.05, 0) is 86.9 Å². The van der Waals surface area contributed by atoms with Crippen LogP contribution in [0.5, 0.6) is 0 Å². The molecule has 4 N–H and O–H groups in total. The van der Waals surface area contributed by atoms with Gasteiger partial charge in [0.05, 0.1) is 17.6 Å². The number of aliphatic imine (C=N–C) groups is 1. The van der Waals surface area contributed by atoms with E-state index in [2.05, 4.69) is 63.5 Å². The molecule has 1 aliphatic rings. The van der Waals surface area contributed by atoms with Crippen LogP contribution in [0.25, 0.3) is 11.0 Å². The molecule has 7 nitrogen and oxygen atoms in total. The number of hydrogen-bond acceptors (Lipinski definition) is 6. The fourth-order valence-electron chi connectivity index (χ4n) is 5.66. The summed E-state index contributed by atoms with van der Waals surface area (Å²) in [5.41, 5.74) is 3.59. The van der Waals surface area contributed by atoms with E-state index in [0.29, 0.717) is 6.54 Å². The number of H-pyrrole nitrogens is 1. The zero-order valence-corrected chi connectivity index (χ0v) is 26.6. The quantitative estimate of drug-likeness (QED) is 0.0787. The number of carbonyl (C=O) groups is 1. The van der Waals surface area contributed by atoms with Crippen molar-refractivity contribution in [1.82, 2.24) is 20.0 Å². The number of aryl methyl sites for hydroxylation is 1. The predicted molar refractivity (Wildman–Crippen MR) is 178 cm³/mol. The normalized spacial score (nSPS) is 15.5. The zero-order valence-electron chi connectivity index (χ0n) is 25.8. The Hall–Kier alpha value is -2.68. The van der Waals surface area contributed by atoms with Crippen molar-refractivity contribution < 1.29 is 9.90 Å². The van der Waals surface area contributed by atoms with Gasteiger partial charge in [0.25, 0.3) is 0 Å². The summed E-state index contributed by atoms with van der Waals surface area (Å²) in [4.78, 5) is 24.4. The summed E-state index contributed by atoms with van der Waals surface area (Å²) in [6.07, 6.45) is 16.0. The number of para-hydroxylation sites is 2. The highest BCUT2D eigenvalue weighted by atomic mass is 32.2. The number of hydrogen-bond donors (Lipinski definition) is 4. The number of aliphatic hydroxyl groups excluding tert-OH is 1. The molecule has 1 aliphatic carbocycles. The van der Waals surface area contributed by atoms with Gasteiger partial charge in [0.15, 0.2) is 0 Å². The summed E-state index contributed by atoms with van der Waals surface area (Å²) >= 11 is 1.34. The van der Waals surface area contributed by atoms with E-state index in [9.17, 15) is 9.90 Å². The number of benzene rings is 2. The molecule has 1 heterocycles. The number of imidazole rings is 1. The molecule has 42 heavy (non-hydrogen) atoms. The Bertz CT molecular complexity index is 1160. The van der Waals surface area contributed by atoms with Crippen LogP contribution >= 0.6 is 11.9 Å². The molecule has 1 fully saturated rings. The summed E-state index contributed by atoms with van der Waals surface area (Å²) in [6, 6.07) is 18.2. The van der Waals surface area contributed by atoms with Gasteiger partial charge >= 0.3 is 0 Å². The zero-order chi connectivity index (χ0) is 30.0. The SMILES string of the molecule is CCC(CCCNC(=O)C(CO)NSC)(CCN=CCCCC1CCC1)c1ccccc1.Cc1nc2ccccc2[nH]1. The van der Waals surface area contributed by atoms with Gasteiger partial charge in [-0.1, -0.05) is 87.0 Å². The number of aliphatic hydroxyl groups is 1. The van der Waals surface area contributed by atoms with E-state index in [4.69, 9.17) is 4.99 Å². The van der Waals surface area contributed by atoms with Crippen molar-refractivity contribution in [2.45, 2.75) is 89.5 Å². The maximum atomic E-state index is 12.2. The number of aromatic amines is 1. The van der Waals surface area contributed by atoms with Crippen molar-refractivity contribution in [1.29, 1.82) is 0 Å². The van der Waals surface area contributed by atoms with Crippen LogP contribution in [0.15, 0.2) is 59.6 Å². The van der Waals surface area contributed by atoms with Gasteiger partial charge in [-0.25, -0.2) is 9.71 Å². The molecule has 0 spiro atoms. The number of unbranched alkanes of at least 4 members (excludes halogenated alkanes) is 1. The van der Waals surface area contributed by atoms with Crippen LogP contribution in [-0.4, -0.2) is 59.2 Å². The number of fused-ring (bicyclic) bond motifs is 1. The lowest BCUT2D eigenvalue weighted by molar-refractivity contribution is -0.123. The predicted octanol–water partition coefficient (Wildman–Crippen LogP) is 6.76. The number of carbonyl (C=O) groups excluding carboxylic acids is 1. The Labute approximate surface area is 256 Å². The molecule has 1 aromatic heterocycles. The highest BCUT2D eigenvalue weighted by Crippen LogP contribution is 2.36. The van der Waals surface area contributed by atoms with Crippen LogP contribution < -0.4 is 10.0 Å². The maximum Gasteiger partial charge on any atom is 0.240 e. The summed E-state index contributed by atoms with van der Waals surface area (Å²) in [6.45, 7) is 5.49. The van der Waals surface area contributed by atoms with Crippen molar-refractivity contribution in [3.8, 4) is 0 Å². The van der Waals surface area contributed by atoms with E-state index < -0.39 is 6.04 Å². The minimum Gasteiger partial charge on any atom is -0.394 e. The molecule has 0 saturated heterocycles. The molecule has 230 valence electrons. The second-order valence-corrected chi connectivity index (χ2v) is 12.0. The summed E-state index contributed by atoms with van der Waals surface area (Å²) in [7, 11) is 0. The number of aromatic nitrogens is 2. The number of amides is 1. The molecule has 2 unspecified atom stereocenters. The van der Waals surface area contributed by atoms with Crippen LogP contribution in [0.3, 0.4) is 0 Å². The fourth-order valence-corrected chi connectivity index (χ4v) is 6.13. The molecule has 8 heteroatoms. The van der Waals surface area contributed by atoms with Gasteiger partial charge in [-0.15, -0.1) is 0 Å². The van der Waals surface area contributed by atoms with E-state index in [0.717, 1.165) is 61.4 Å². The number of rotatable bonds is 17. The molecule has 1 amide bonds. The molecule has 0 bridgehead atoms. The van der Waals surface area contributed by atoms with Crippen LogP contribution in [-0.2, 0) is 10.2 Å². The lowest BCUT2D eigenvalue weighted by Crippen LogP contribution is -2.44. The van der Waals surface area contributed by atoms with Crippen LogP contribution in [0, 0.1) is 12.8 Å². The lowest BCUT2D eigenvalue weighted by atomic mass is 9.72. The van der Waals surface area contributed by atoms with Crippen LogP contribution in [0.2, 0.25) is 0 Å². The van der Waals surface area contributed by atoms with E-state index in [1.807, 2.05) is 37.4 Å². The summed E-state index contributed by atoms with van der Waals surface area (Å²) in [5.74, 6) is 1.82. The molecule has 3 aromatic rings. The van der Waals surface area contributed by atoms with Gasteiger partial charge in [0, 0.05) is 13.1 Å².